The Morgan fingerprint density at radius 3 is 2.73 bits per heavy atom. The van der Waals surface area contributed by atoms with E-state index < -0.39 is 0 Å². The van der Waals surface area contributed by atoms with Gasteiger partial charge in [0.05, 0.1) is 19.0 Å². The number of carbonyl (C=O) groups is 2. The maximum atomic E-state index is 11.0. The number of hydrogen-bond acceptors (Lipinski definition) is 5. The standard InChI is InChI=1S/C8H16N2O4S/c1-13-3-4-14-10-8(12)2-5-15-6-7(9)11/h2-6H2,1H3,(H2,9,11)(H,10,12). The van der Waals surface area contributed by atoms with E-state index in [-0.39, 0.29) is 17.6 Å². The van der Waals surface area contributed by atoms with Gasteiger partial charge in [0.15, 0.2) is 0 Å². The van der Waals surface area contributed by atoms with Gasteiger partial charge in [-0.3, -0.25) is 14.4 Å². The third-order valence-corrected chi connectivity index (χ3v) is 2.27. The molecule has 2 amide bonds. The molecule has 88 valence electrons. The number of methoxy groups -OCH3 is 1. The van der Waals surface area contributed by atoms with Crippen LogP contribution in [-0.2, 0) is 19.2 Å². The molecule has 7 heteroatoms. The number of carbonyl (C=O) groups excluding carboxylic acids is 2. The molecular weight excluding hydrogens is 220 g/mol. The Morgan fingerprint density at radius 2 is 2.13 bits per heavy atom. The van der Waals surface area contributed by atoms with Gasteiger partial charge in [-0.25, -0.2) is 5.48 Å². The molecule has 0 aliphatic heterocycles. The van der Waals surface area contributed by atoms with E-state index >= 15 is 0 Å². The van der Waals surface area contributed by atoms with Crippen LogP contribution >= 0.6 is 11.8 Å². The molecular formula is C8H16N2O4S. The summed E-state index contributed by atoms with van der Waals surface area (Å²) in [5, 5.41) is 0. The average Bonchev–Trinajstić information content (AvgIpc) is 2.19. The highest BCUT2D eigenvalue weighted by atomic mass is 32.2. The van der Waals surface area contributed by atoms with Crippen molar-refractivity contribution in [3.05, 3.63) is 0 Å². The first-order valence-corrected chi connectivity index (χ1v) is 5.58. The third kappa shape index (κ3) is 11.1. The van der Waals surface area contributed by atoms with Gasteiger partial charge in [0.2, 0.25) is 11.8 Å². The van der Waals surface area contributed by atoms with Gasteiger partial charge in [0, 0.05) is 19.3 Å². The van der Waals surface area contributed by atoms with Gasteiger partial charge in [-0.15, -0.1) is 0 Å². The van der Waals surface area contributed by atoms with Crippen LogP contribution < -0.4 is 11.2 Å². The zero-order valence-electron chi connectivity index (χ0n) is 8.65. The molecule has 6 nitrogen and oxygen atoms in total. The number of primary amides is 1. The predicted octanol–water partition coefficient (Wildman–Crippen LogP) is -0.711. The highest BCUT2D eigenvalue weighted by Crippen LogP contribution is 2.00. The molecule has 0 aliphatic rings. The first-order valence-electron chi connectivity index (χ1n) is 4.42. The Morgan fingerprint density at radius 1 is 1.40 bits per heavy atom. The van der Waals surface area contributed by atoms with Crippen molar-refractivity contribution in [3.8, 4) is 0 Å². The van der Waals surface area contributed by atoms with E-state index in [1.807, 2.05) is 0 Å². The van der Waals surface area contributed by atoms with Gasteiger partial charge in [0.1, 0.15) is 0 Å². The molecule has 0 unspecified atom stereocenters. The molecule has 15 heavy (non-hydrogen) atoms. The van der Waals surface area contributed by atoms with Gasteiger partial charge >= 0.3 is 0 Å². The van der Waals surface area contributed by atoms with Crippen molar-refractivity contribution in [1.29, 1.82) is 0 Å². The van der Waals surface area contributed by atoms with Crippen LogP contribution in [-0.4, -0.2) is 43.6 Å². The Labute approximate surface area is 92.8 Å². The second kappa shape index (κ2) is 9.75. The van der Waals surface area contributed by atoms with E-state index in [1.54, 1.807) is 7.11 Å². The molecule has 0 aromatic carbocycles. The van der Waals surface area contributed by atoms with Crippen molar-refractivity contribution in [2.24, 2.45) is 5.73 Å². The van der Waals surface area contributed by atoms with E-state index in [0.717, 1.165) is 0 Å². The summed E-state index contributed by atoms with van der Waals surface area (Å²) in [5.41, 5.74) is 7.18. The van der Waals surface area contributed by atoms with Crippen LogP contribution in [0.15, 0.2) is 0 Å². The minimum atomic E-state index is -0.378. The lowest BCUT2D eigenvalue weighted by molar-refractivity contribution is -0.134. The van der Waals surface area contributed by atoms with Crippen LogP contribution in [0.25, 0.3) is 0 Å². The molecule has 0 spiro atoms. The Hall–Kier alpha value is -0.790. The lowest BCUT2D eigenvalue weighted by Gasteiger charge is -2.04. The van der Waals surface area contributed by atoms with E-state index in [1.165, 1.54) is 11.8 Å². The van der Waals surface area contributed by atoms with Crippen LogP contribution in [0.3, 0.4) is 0 Å². The SMILES string of the molecule is COCCONC(=O)CCSCC(N)=O. The molecule has 3 N–H and O–H groups in total. The largest absolute Gasteiger partial charge is 0.382 e. The normalized spacial score (nSPS) is 9.93. The number of hydrogen-bond donors (Lipinski definition) is 2. The van der Waals surface area contributed by atoms with Crippen molar-refractivity contribution in [3.63, 3.8) is 0 Å². The minimum Gasteiger partial charge on any atom is -0.382 e. The van der Waals surface area contributed by atoms with Crippen LogP contribution in [0.5, 0.6) is 0 Å². The lowest BCUT2D eigenvalue weighted by Crippen LogP contribution is -2.25. The first kappa shape index (κ1) is 14.2. The lowest BCUT2D eigenvalue weighted by atomic mass is 10.5. The molecule has 0 aliphatic carbocycles. The zero-order valence-corrected chi connectivity index (χ0v) is 9.47. The molecule has 0 saturated heterocycles. The topological polar surface area (TPSA) is 90.7 Å². The summed E-state index contributed by atoms with van der Waals surface area (Å²) in [4.78, 5) is 26.2. The minimum absolute atomic E-state index is 0.219. The fourth-order valence-electron chi connectivity index (χ4n) is 0.645. The van der Waals surface area contributed by atoms with E-state index in [0.29, 0.717) is 25.4 Å². The molecule has 0 heterocycles. The molecule has 0 saturated carbocycles. The van der Waals surface area contributed by atoms with Gasteiger partial charge in [-0.1, -0.05) is 0 Å². The van der Waals surface area contributed by atoms with E-state index in [9.17, 15) is 9.59 Å². The van der Waals surface area contributed by atoms with Gasteiger partial charge in [-0.2, -0.15) is 11.8 Å². The van der Waals surface area contributed by atoms with Crippen molar-refractivity contribution < 1.29 is 19.2 Å². The van der Waals surface area contributed by atoms with Crippen molar-refractivity contribution in [2.45, 2.75) is 6.42 Å². The predicted molar refractivity (Wildman–Crippen MR) is 57.1 cm³/mol. The maximum Gasteiger partial charge on any atom is 0.244 e. The average molecular weight is 236 g/mol. The van der Waals surface area contributed by atoms with Crippen molar-refractivity contribution in [1.82, 2.24) is 5.48 Å². The fourth-order valence-corrected chi connectivity index (χ4v) is 1.32. The Balaban J connectivity index is 3.22. The second-order valence-electron chi connectivity index (χ2n) is 2.64. The number of hydroxylamine groups is 1. The third-order valence-electron chi connectivity index (χ3n) is 1.29. The summed E-state index contributed by atoms with van der Waals surface area (Å²) >= 11 is 1.32. The van der Waals surface area contributed by atoms with Crippen LogP contribution in [0, 0.1) is 0 Å². The zero-order chi connectivity index (χ0) is 11.5. The molecule has 0 aromatic rings. The van der Waals surface area contributed by atoms with Gasteiger partial charge in [0.25, 0.3) is 0 Å². The number of thioether (sulfide) groups is 1. The van der Waals surface area contributed by atoms with Gasteiger partial charge < -0.3 is 10.5 Å². The number of amides is 2. The van der Waals surface area contributed by atoms with Gasteiger partial charge in [-0.05, 0) is 0 Å². The monoisotopic (exact) mass is 236 g/mol. The van der Waals surface area contributed by atoms with Crippen molar-refractivity contribution in [2.75, 3.05) is 31.8 Å². The summed E-state index contributed by atoms with van der Waals surface area (Å²) in [6, 6.07) is 0. The summed E-state index contributed by atoms with van der Waals surface area (Å²) < 4.78 is 4.72. The van der Waals surface area contributed by atoms with Crippen LogP contribution in [0.2, 0.25) is 0 Å². The van der Waals surface area contributed by atoms with Crippen molar-refractivity contribution >= 4 is 23.6 Å². The van der Waals surface area contributed by atoms with Crippen LogP contribution in [0.4, 0.5) is 0 Å². The highest BCUT2D eigenvalue weighted by molar-refractivity contribution is 7.99. The number of rotatable bonds is 9. The Bertz CT molecular complexity index is 201. The summed E-state index contributed by atoms with van der Waals surface area (Å²) in [6.07, 6.45) is 0.297. The second-order valence-corrected chi connectivity index (χ2v) is 3.74. The molecule has 0 rings (SSSR count). The number of nitrogens with one attached hydrogen (secondary N) is 1. The summed E-state index contributed by atoms with van der Waals surface area (Å²) in [6.45, 7) is 0.743. The molecule has 0 radical (unpaired) electrons. The van der Waals surface area contributed by atoms with E-state index in [4.69, 9.17) is 15.3 Å². The number of ether oxygens (including phenoxy) is 1. The smallest absolute Gasteiger partial charge is 0.244 e. The first-order chi connectivity index (χ1) is 7.16. The van der Waals surface area contributed by atoms with Crippen LogP contribution in [0.1, 0.15) is 6.42 Å². The maximum absolute atomic E-state index is 11.0. The quantitative estimate of drug-likeness (QED) is 0.407. The summed E-state index contributed by atoms with van der Waals surface area (Å²) in [5.74, 6) is 0.181. The summed E-state index contributed by atoms with van der Waals surface area (Å²) in [7, 11) is 1.55. The molecule has 0 atom stereocenters. The molecule has 0 bridgehead atoms. The Kier molecular flexibility index (Phi) is 9.24. The number of nitrogens with two attached hydrogens (primary N) is 1. The highest BCUT2D eigenvalue weighted by Gasteiger charge is 2.01. The van der Waals surface area contributed by atoms with E-state index in [2.05, 4.69) is 5.48 Å². The fraction of sp³-hybridized carbons (Fsp3) is 0.750. The molecule has 0 fully saturated rings. The molecule has 0 aromatic heterocycles.